The van der Waals surface area contributed by atoms with Crippen LogP contribution in [0, 0.1) is 0 Å². The summed E-state index contributed by atoms with van der Waals surface area (Å²) in [6, 6.07) is 4.83. The molecule has 1 aliphatic heterocycles. The fourth-order valence-electron chi connectivity index (χ4n) is 2.24. The number of halogens is 2. The highest BCUT2D eigenvalue weighted by Gasteiger charge is 2.22. The van der Waals surface area contributed by atoms with Crippen LogP contribution in [0.25, 0.3) is 0 Å². The van der Waals surface area contributed by atoms with E-state index in [1.165, 1.54) is 12.1 Å². The van der Waals surface area contributed by atoms with Crippen LogP contribution in [-0.2, 0) is 10.0 Å². The van der Waals surface area contributed by atoms with Gasteiger partial charge in [-0.15, -0.1) is 12.4 Å². The summed E-state index contributed by atoms with van der Waals surface area (Å²) >= 11 is 5.95. The van der Waals surface area contributed by atoms with Crippen molar-refractivity contribution < 1.29 is 13.2 Å². The Kier molecular flexibility index (Phi) is 6.49. The van der Waals surface area contributed by atoms with Crippen molar-refractivity contribution in [2.75, 3.05) is 30.6 Å². The molecule has 0 aliphatic carbocycles. The van der Waals surface area contributed by atoms with Gasteiger partial charge in [0.15, 0.2) is 0 Å². The average molecular weight is 368 g/mol. The zero-order valence-electron chi connectivity index (χ0n) is 12.3. The Balaban J connectivity index is 0.00000242. The maximum atomic E-state index is 12.5. The standard InChI is InChI=1S/C13H18ClN3O3S.ClH/c1-9-8-17(6-5-15-9)13(18)10-3-4-11(14)12(7-10)16-21(2,19)20;/h3-4,7,9,15-16H,5-6,8H2,1-2H3;1H/t9-;/m1./s1. The lowest BCUT2D eigenvalue weighted by molar-refractivity contribution is 0.0709. The van der Waals surface area contributed by atoms with Gasteiger partial charge < -0.3 is 10.2 Å². The third kappa shape index (κ3) is 5.01. The van der Waals surface area contributed by atoms with E-state index in [9.17, 15) is 13.2 Å². The van der Waals surface area contributed by atoms with Crippen LogP contribution in [0.4, 0.5) is 5.69 Å². The molecule has 1 aromatic rings. The molecule has 1 atom stereocenters. The Hall–Kier alpha value is -1.02. The Morgan fingerprint density at radius 3 is 2.73 bits per heavy atom. The number of carbonyl (C=O) groups excluding carboxylic acids is 1. The van der Waals surface area contributed by atoms with Crippen molar-refractivity contribution in [1.82, 2.24) is 10.2 Å². The van der Waals surface area contributed by atoms with E-state index in [-0.39, 0.29) is 35.1 Å². The maximum absolute atomic E-state index is 12.5. The Morgan fingerprint density at radius 1 is 1.45 bits per heavy atom. The van der Waals surface area contributed by atoms with Crippen LogP contribution in [0.15, 0.2) is 18.2 Å². The lowest BCUT2D eigenvalue weighted by Crippen LogP contribution is -2.51. The van der Waals surface area contributed by atoms with Crippen LogP contribution >= 0.6 is 24.0 Å². The number of hydrogen-bond donors (Lipinski definition) is 2. The van der Waals surface area contributed by atoms with Gasteiger partial charge in [0.05, 0.1) is 17.0 Å². The minimum atomic E-state index is -3.45. The van der Waals surface area contributed by atoms with E-state index in [1.807, 2.05) is 6.92 Å². The number of nitrogens with zero attached hydrogens (tertiary/aromatic N) is 1. The highest BCUT2D eigenvalue weighted by atomic mass is 35.5. The third-order valence-corrected chi connectivity index (χ3v) is 4.08. The number of rotatable bonds is 3. The first kappa shape index (κ1) is 19.0. The molecular weight excluding hydrogens is 349 g/mol. The molecule has 1 aromatic carbocycles. The number of anilines is 1. The van der Waals surface area contributed by atoms with Crippen molar-refractivity contribution in [1.29, 1.82) is 0 Å². The number of amides is 1. The summed E-state index contributed by atoms with van der Waals surface area (Å²) in [7, 11) is -3.45. The molecule has 0 unspecified atom stereocenters. The zero-order chi connectivity index (χ0) is 15.6. The second-order valence-electron chi connectivity index (χ2n) is 5.18. The summed E-state index contributed by atoms with van der Waals surface area (Å²) in [4.78, 5) is 14.2. The molecule has 1 amide bonds. The zero-order valence-corrected chi connectivity index (χ0v) is 14.7. The molecule has 9 heteroatoms. The normalized spacial score (nSPS) is 18.5. The molecule has 124 valence electrons. The lowest BCUT2D eigenvalue weighted by atomic mass is 10.1. The first-order valence-electron chi connectivity index (χ1n) is 6.56. The fraction of sp³-hybridized carbons (Fsp3) is 0.462. The molecule has 0 radical (unpaired) electrons. The minimum absolute atomic E-state index is 0. The van der Waals surface area contributed by atoms with Gasteiger partial charge in [-0.3, -0.25) is 9.52 Å². The number of nitrogens with one attached hydrogen (secondary N) is 2. The number of piperazine rings is 1. The van der Waals surface area contributed by atoms with Crippen molar-refractivity contribution in [3.8, 4) is 0 Å². The summed E-state index contributed by atoms with van der Waals surface area (Å²) in [6.07, 6.45) is 1.04. The second kappa shape index (κ2) is 7.50. The van der Waals surface area contributed by atoms with Gasteiger partial charge >= 0.3 is 0 Å². The molecule has 2 rings (SSSR count). The number of benzene rings is 1. The first-order chi connectivity index (χ1) is 9.76. The van der Waals surface area contributed by atoms with Crippen molar-refractivity contribution in [3.63, 3.8) is 0 Å². The van der Waals surface area contributed by atoms with E-state index in [4.69, 9.17) is 11.6 Å². The first-order valence-corrected chi connectivity index (χ1v) is 8.83. The second-order valence-corrected chi connectivity index (χ2v) is 7.33. The van der Waals surface area contributed by atoms with E-state index in [2.05, 4.69) is 10.0 Å². The highest BCUT2D eigenvalue weighted by molar-refractivity contribution is 7.92. The molecule has 0 aromatic heterocycles. The quantitative estimate of drug-likeness (QED) is 0.849. The van der Waals surface area contributed by atoms with E-state index < -0.39 is 10.0 Å². The van der Waals surface area contributed by atoms with E-state index in [1.54, 1.807) is 11.0 Å². The van der Waals surface area contributed by atoms with Crippen molar-refractivity contribution in [2.24, 2.45) is 0 Å². The highest BCUT2D eigenvalue weighted by Crippen LogP contribution is 2.24. The van der Waals surface area contributed by atoms with Gasteiger partial charge in [0.1, 0.15) is 0 Å². The van der Waals surface area contributed by atoms with E-state index in [0.717, 1.165) is 12.8 Å². The molecule has 0 saturated carbocycles. The summed E-state index contributed by atoms with van der Waals surface area (Å²) in [6.45, 7) is 4.00. The molecular formula is C13H19Cl2N3O3S. The molecule has 1 fully saturated rings. The predicted octanol–water partition coefficient (Wildman–Crippen LogP) is 1.57. The topological polar surface area (TPSA) is 78.5 Å². The molecule has 22 heavy (non-hydrogen) atoms. The van der Waals surface area contributed by atoms with Crippen LogP contribution < -0.4 is 10.0 Å². The predicted molar refractivity (Wildman–Crippen MR) is 90.5 cm³/mol. The monoisotopic (exact) mass is 367 g/mol. The molecule has 1 heterocycles. The summed E-state index contributed by atoms with van der Waals surface area (Å²) in [5.74, 6) is -0.128. The minimum Gasteiger partial charge on any atom is -0.336 e. The van der Waals surface area contributed by atoms with E-state index >= 15 is 0 Å². The molecule has 2 N–H and O–H groups in total. The summed E-state index contributed by atoms with van der Waals surface area (Å²) < 4.78 is 24.9. The number of hydrogen-bond acceptors (Lipinski definition) is 4. The fourth-order valence-corrected chi connectivity index (χ4v) is 3.02. The van der Waals surface area contributed by atoms with E-state index in [0.29, 0.717) is 18.7 Å². The van der Waals surface area contributed by atoms with Gasteiger partial charge in [-0.2, -0.15) is 0 Å². The van der Waals surface area contributed by atoms with Crippen LogP contribution in [0.3, 0.4) is 0 Å². The molecule has 0 spiro atoms. The van der Waals surface area contributed by atoms with Gasteiger partial charge in [0, 0.05) is 31.2 Å². The Bertz CT molecular complexity index is 652. The van der Waals surface area contributed by atoms with Gasteiger partial charge in [-0.05, 0) is 25.1 Å². The average Bonchev–Trinajstić information content (AvgIpc) is 2.39. The Labute approximate surface area is 141 Å². The van der Waals surface area contributed by atoms with Crippen LogP contribution in [0.5, 0.6) is 0 Å². The molecule has 1 saturated heterocycles. The van der Waals surface area contributed by atoms with Crippen molar-refractivity contribution >= 4 is 45.6 Å². The SMILES string of the molecule is C[C@@H]1CN(C(=O)c2ccc(Cl)c(NS(C)(=O)=O)c2)CCN1.Cl. The molecule has 0 bridgehead atoms. The van der Waals surface area contributed by atoms with Crippen molar-refractivity contribution in [2.45, 2.75) is 13.0 Å². The largest absolute Gasteiger partial charge is 0.336 e. The van der Waals surface area contributed by atoms with Gasteiger partial charge in [-0.1, -0.05) is 11.6 Å². The summed E-state index contributed by atoms with van der Waals surface area (Å²) in [5.41, 5.74) is 0.632. The van der Waals surface area contributed by atoms with Crippen LogP contribution in [0.2, 0.25) is 5.02 Å². The summed E-state index contributed by atoms with van der Waals surface area (Å²) in [5, 5.41) is 3.52. The Morgan fingerprint density at radius 2 is 2.14 bits per heavy atom. The lowest BCUT2D eigenvalue weighted by Gasteiger charge is -2.32. The van der Waals surface area contributed by atoms with Gasteiger partial charge in [-0.25, -0.2) is 8.42 Å². The number of carbonyl (C=O) groups is 1. The van der Waals surface area contributed by atoms with Gasteiger partial charge in [0.2, 0.25) is 10.0 Å². The molecule has 6 nitrogen and oxygen atoms in total. The van der Waals surface area contributed by atoms with Crippen LogP contribution in [0.1, 0.15) is 17.3 Å². The maximum Gasteiger partial charge on any atom is 0.254 e. The van der Waals surface area contributed by atoms with Crippen LogP contribution in [-0.4, -0.2) is 51.2 Å². The van der Waals surface area contributed by atoms with Gasteiger partial charge in [0.25, 0.3) is 5.91 Å². The molecule has 1 aliphatic rings. The number of sulfonamides is 1. The van der Waals surface area contributed by atoms with Crippen molar-refractivity contribution in [3.05, 3.63) is 28.8 Å². The third-order valence-electron chi connectivity index (χ3n) is 3.16. The smallest absolute Gasteiger partial charge is 0.254 e.